The highest BCUT2D eigenvalue weighted by Crippen LogP contribution is 2.21. The molecule has 1 aromatic heterocycles. The molecule has 0 fully saturated rings. The van der Waals surface area contributed by atoms with Crippen LogP contribution in [0.4, 0.5) is 0 Å². The van der Waals surface area contributed by atoms with Crippen LogP contribution >= 0.6 is 11.8 Å². The first kappa shape index (κ1) is 15.0. The SMILES string of the molecule is CCC(C)SCc1ncc(C(=O)O)c(C(C)C)n1. The van der Waals surface area contributed by atoms with Gasteiger partial charge in [0.1, 0.15) is 5.82 Å². The number of hydrogen-bond donors (Lipinski definition) is 1. The zero-order chi connectivity index (χ0) is 13.7. The van der Waals surface area contributed by atoms with E-state index >= 15 is 0 Å². The Bertz CT molecular complexity index is 421. The summed E-state index contributed by atoms with van der Waals surface area (Å²) in [6, 6.07) is 0. The number of thioether (sulfide) groups is 1. The normalized spacial score (nSPS) is 12.7. The molecule has 1 atom stereocenters. The van der Waals surface area contributed by atoms with Crippen molar-refractivity contribution in [2.24, 2.45) is 0 Å². The lowest BCUT2D eigenvalue weighted by molar-refractivity contribution is 0.0694. The van der Waals surface area contributed by atoms with Crippen LogP contribution in [0.25, 0.3) is 0 Å². The second-order valence-corrected chi connectivity index (χ2v) is 6.00. The minimum absolute atomic E-state index is 0.0893. The third kappa shape index (κ3) is 3.98. The monoisotopic (exact) mass is 268 g/mol. The van der Waals surface area contributed by atoms with Gasteiger partial charge in [-0.1, -0.05) is 27.7 Å². The first-order valence-electron chi connectivity index (χ1n) is 6.16. The van der Waals surface area contributed by atoms with Crippen LogP contribution in [0.2, 0.25) is 0 Å². The lowest BCUT2D eigenvalue weighted by Crippen LogP contribution is -2.10. The van der Waals surface area contributed by atoms with Crippen LogP contribution in [0.1, 0.15) is 61.9 Å². The quantitative estimate of drug-likeness (QED) is 0.857. The summed E-state index contributed by atoms with van der Waals surface area (Å²) in [7, 11) is 0. The Kier molecular flexibility index (Phi) is 5.59. The molecule has 100 valence electrons. The first-order chi connectivity index (χ1) is 8.45. The Morgan fingerprint density at radius 1 is 1.44 bits per heavy atom. The molecule has 5 heteroatoms. The van der Waals surface area contributed by atoms with Crippen molar-refractivity contribution in [3.63, 3.8) is 0 Å². The fourth-order valence-corrected chi connectivity index (χ4v) is 2.25. The fraction of sp³-hybridized carbons (Fsp3) is 0.615. The number of carboxylic acids is 1. The van der Waals surface area contributed by atoms with Crippen LogP contribution in [0.15, 0.2) is 6.20 Å². The molecule has 1 unspecified atom stereocenters. The van der Waals surface area contributed by atoms with Crippen molar-refractivity contribution in [3.05, 3.63) is 23.3 Å². The van der Waals surface area contributed by atoms with Crippen molar-refractivity contribution in [2.45, 2.75) is 51.0 Å². The molecule has 0 radical (unpaired) electrons. The molecule has 0 aliphatic heterocycles. The molecular formula is C13H20N2O2S. The number of hydrogen-bond acceptors (Lipinski definition) is 4. The molecule has 4 nitrogen and oxygen atoms in total. The summed E-state index contributed by atoms with van der Waals surface area (Å²) >= 11 is 1.79. The van der Waals surface area contributed by atoms with E-state index in [-0.39, 0.29) is 11.5 Å². The highest BCUT2D eigenvalue weighted by Gasteiger charge is 2.16. The van der Waals surface area contributed by atoms with Gasteiger partial charge >= 0.3 is 5.97 Å². The van der Waals surface area contributed by atoms with E-state index in [0.717, 1.165) is 12.2 Å². The summed E-state index contributed by atoms with van der Waals surface area (Å²) < 4.78 is 0. The summed E-state index contributed by atoms with van der Waals surface area (Å²) in [5.41, 5.74) is 0.833. The molecule has 0 aromatic carbocycles. The number of carbonyl (C=O) groups is 1. The average molecular weight is 268 g/mol. The second-order valence-electron chi connectivity index (χ2n) is 4.57. The summed E-state index contributed by atoms with van der Waals surface area (Å²) in [5.74, 6) is 0.578. The molecule has 0 bridgehead atoms. The lowest BCUT2D eigenvalue weighted by atomic mass is 10.1. The number of aromatic carboxylic acids is 1. The van der Waals surface area contributed by atoms with Gasteiger partial charge in [-0.25, -0.2) is 14.8 Å². The number of aromatic nitrogens is 2. The van der Waals surface area contributed by atoms with Crippen molar-refractivity contribution >= 4 is 17.7 Å². The molecule has 0 saturated carbocycles. The molecule has 1 heterocycles. The Balaban J connectivity index is 2.90. The van der Waals surface area contributed by atoms with E-state index in [2.05, 4.69) is 23.8 Å². The van der Waals surface area contributed by atoms with Gasteiger partial charge in [-0.2, -0.15) is 11.8 Å². The van der Waals surface area contributed by atoms with Crippen molar-refractivity contribution in [3.8, 4) is 0 Å². The highest BCUT2D eigenvalue weighted by atomic mass is 32.2. The van der Waals surface area contributed by atoms with E-state index in [1.54, 1.807) is 11.8 Å². The molecule has 0 aliphatic rings. The van der Waals surface area contributed by atoms with Gasteiger partial charge in [0, 0.05) is 11.4 Å². The van der Waals surface area contributed by atoms with Gasteiger partial charge in [0.15, 0.2) is 0 Å². The maximum absolute atomic E-state index is 11.1. The first-order valence-corrected chi connectivity index (χ1v) is 7.21. The summed E-state index contributed by atoms with van der Waals surface area (Å²) in [6.07, 6.45) is 2.53. The van der Waals surface area contributed by atoms with E-state index in [9.17, 15) is 4.79 Å². The maximum Gasteiger partial charge on any atom is 0.339 e. The van der Waals surface area contributed by atoms with Crippen LogP contribution in [-0.4, -0.2) is 26.3 Å². The molecule has 1 aromatic rings. The Morgan fingerprint density at radius 3 is 2.61 bits per heavy atom. The third-order valence-electron chi connectivity index (χ3n) is 2.72. The molecule has 0 aliphatic carbocycles. The van der Waals surface area contributed by atoms with Crippen LogP contribution in [0.5, 0.6) is 0 Å². The van der Waals surface area contributed by atoms with Gasteiger partial charge in [-0.3, -0.25) is 0 Å². The number of carboxylic acid groups (broad SMARTS) is 1. The summed E-state index contributed by atoms with van der Waals surface area (Å²) in [5, 5.41) is 9.64. The predicted octanol–water partition coefficient (Wildman–Crippen LogP) is 3.33. The van der Waals surface area contributed by atoms with Crippen LogP contribution in [-0.2, 0) is 5.75 Å². The van der Waals surface area contributed by atoms with Crippen LogP contribution in [0.3, 0.4) is 0 Å². The zero-order valence-electron chi connectivity index (χ0n) is 11.3. The Labute approximate surface area is 112 Å². The van der Waals surface area contributed by atoms with Crippen molar-refractivity contribution in [1.82, 2.24) is 9.97 Å². The standard InChI is InChI=1S/C13H20N2O2S/c1-5-9(4)18-7-11-14-6-10(13(16)17)12(15-11)8(2)3/h6,8-9H,5,7H2,1-4H3,(H,16,17). The van der Waals surface area contributed by atoms with Crippen molar-refractivity contribution in [1.29, 1.82) is 0 Å². The average Bonchev–Trinajstić information content (AvgIpc) is 2.35. The van der Waals surface area contributed by atoms with Gasteiger partial charge in [0.2, 0.25) is 0 Å². The zero-order valence-corrected chi connectivity index (χ0v) is 12.1. The molecule has 1 rings (SSSR count). The Hall–Kier alpha value is -1.10. The smallest absolute Gasteiger partial charge is 0.339 e. The van der Waals surface area contributed by atoms with Gasteiger partial charge in [0.25, 0.3) is 0 Å². The molecule has 0 amide bonds. The molecular weight excluding hydrogens is 248 g/mol. The topological polar surface area (TPSA) is 63.1 Å². The minimum atomic E-state index is -0.958. The summed E-state index contributed by atoms with van der Waals surface area (Å²) in [6.45, 7) is 8.20. The molecule has 0 spiro atoms. The fourth-order valence-electron chi connectivity index (χ4n) is 1.44. The maximum atomic E-state index is 11.1. The van der Waals surface area contributed by atoms with E-state index < -0.39 is 5.97 Å². The second kappa shape index (κ2) is 6.73. The van der Waals surface area contributed by atoms with E-state index in [1.807, 2.05) is 13.8 Å². The lowest BCUT2D eigenvalue weighted by Gasteiger charge is -2.11. The number of nitrogens with zero attached hydrogens (tertiary/aromatic N) is 2. The highest BCUT2D eigenvalue weighted by molar-refractivity contribution is 7.99. The van der Waals surface area contributed by atoms with Crippen LogP contribution < -0.4 is 0 Å². The van der Waals surface area contributed by atoms with Crippen molar-refractivity contribution < 1.29 is 9.90 Å². The molecule has 1 N–H and O–H groups in total. The van der Waals surface area contributed by atoms with Crippen LogP contribution in [0, 0.1) is 0 Å². The van der Waals surface area contributed by atoms with E-state index in [4.69, 9.17) is 5.11 Å². The predicted molar refractivity (Wildman–Crippen MR) is 74.1 cm³/mol. The number of rotatable bonds is 6. The minimum Gasteiger partial charge on any atom is -0.478 e. The van der Waals surface area contributed by atoms with Gasteiger partial charge in [0.05, 0.1) is 17.0 Å². The van der Waals surface area contributed by atoms with Gasteiger partial charge < -0.3 is 5.11 Å². The Morgan fingerprint density at radius 2 is 2.11 bits per heavy atom. The largest absolute Gasteiger partial charge is 0.478 e. The molecule has 18 heavy (non-hydrogen) atoms. The third-order valence-corrected chi connectivity index (χ3v) is 4.04. The van der Waals surface area contributed by atoms with E-state index in [1.165, 1.54) is 6.20 Å². The van der Waals surface area contributed by atoms with Gasteiger partial charge in [-0.05, 0) is 12.3 Å². The molecule has 0 saturated heterocycles. The van der Waals surface area contributed by atoms with Crippen molar-refractivity contribution in [2.75, 3.05) is 0 Å². The van der Waals surface area contributed by atoms with Gasteiger partial charge in [-0.15, -0.1) is 0 Å². The summed E-state index contributed by atoms with van der Waals surface area (Å²) in [4.78, 5) is 19.6. The van der Waals surface area contributed by atoms with E-state index in [0.29, 0.717) is 16.8 Å².